The molecule has 0 bridgehead atoms. The summed E-state index contributed by atoms with van der Waals surface area (Å²) in [5.41, 5.74) is 6.20. The van der Waals surface area contributed by atoms with E-state index < -0.39 is 0 Å². The van der Waals surface area contributed by atoms with E-state index in [9.17, 15) is 0 Å². The van der Waals surface area contributed by atoms with Crippen LogP contribution in [0.15, 0.2) is 71.7 Å². The summed E-state index contributed by atoms with van der Waals surface area (Å²) in [6.07, 6.45) is 0. The highest BCUT2D eigenvalue weighted by Gasteiger charge is 2.40. The van der Waals surface area contributed by atoms with Gasteiger partial charge in [0.05, 0.1) is 39.9 Å². The number of fused-ring (bicyclic) bond motifs is 4. The summed E-state index contributed by atoms with van der Waals surface area (Å²) in [7, 11) is 0. The molecule has 1 aliphatic carbocycles. The molecule has 0 amide bonds. The molecule has 2 aliphatic rings. The van der Waals surface area contributed by atoms with Crippen LogP contribution < -0.4 is 10.6 Å². The van der Waals surface area contributed by atoms with E-state index in [0.717, 1.165) is 22.6 Å². The fourth-order valence-corrected chi connectivity index (χ4v) is 4.05. The first-order valence-electron chi connectivity index (χ1n) is 8.46. The van der Waals surface area contributed by atoms with Gasteiger partial charge in [-0.1, -0.05) is 59.6 Å². The standard InChI is InChI=1S/C21H15Cl2N3/c22-12-9-10-15(23)18(11-12)26-20-14-6-2-1-5-13(14)19-21(20)25-17-8-4-3-7-16(17)24-19/h1-11,19,21,24-25H/t19-,21+/m0/s1. The van der Waals surface area contributed by atoms with Gasteiger partial charge in [0, 0.05) is 10.6 Å². The number of nitrogens with zero attached hydrogens (tertiary/aromatic N) is 1. The van der Waals surface area contributed by atoms with Gasteiger partial charge in [-0.15, -0.1) is 0 Å². The molecule has 2 N–H and O–H groups in total. The molecular weight excluding hydrogens is 365 g/mol. The third kappa shape index (κ3) is 2.47. The van der Waals surface area contributed by atoms with Gasteiger partial charge < -0.3 is 10.6 Å². The van der Waals surface area contributed by atoms with Crippen molar-refractivity contribution in [3.8, 4) is 0 Å². The average Bonchev–Trinajstić information content (AvgIpc) is 2.96. The van der Waals surface area contributed by atoms with Crippen LogP contribution in [0.2, 0.25) is 10.0 Å². The first-order valence-corrected chi connectivity index (χ1v) is 9.21. The lowest BCUT2D eigenvalue weighted by Crippen LogP contribution is -2.37. The molecule has 0 spiro atoms. The summed E-state index contributed by atoms with van der Waals surface area (Å²) in [5.74, 6) is 0. The average molecular weight is 380 g/mol. The highest BCUT2D eigenvalue weighted by Crippen LogP contribution is 2.43. The van der Waals surface area contributed by atoms with Crippen molar-refractivity contribution in [2.24, 2.45) is 4.99 Å². The van der Waals surface area contributed by atoms with E-state index >= 15 is 0 Å². The van der Waals surface area contributed by atoms with Gasteiger partial charge >= 0.3 is 0 Å². The Balaban J connectivity index is 1.67. The second-order valence-corrected chi connectivity index (χ2v) is 7.31. The number of halogens is 2. The monoisotopic (exact) mass is 379 g/mol. The van der Waals surface area contributed by atoms with E-state index in [-0.39, 0.29) is 12.1 Å². The van der Waals surface area contributed by atoms with Crippen molar-refractivity contribution >= 4 is 46.0 Å². The van der Waals surface area contributed by atoms with Crippen molar-refractivity contribution in [2.45, 2.75) is 12.1 Å². The first-order chi connectivity index (χ1) is 12.7. The summed E-state index contributed by atoms with van der Waals surface area (Å²) < 4.78 is 0. The van der Waals surface area contributed by atoms with Crippen LogP contribution in [0.3, 0.4) is 0 Å². The van der Waals surface area contributed by atoms with Crippen LogP contribution in [0.1, 0.15) is 17.2 Å². The molecule has 1 heterocycles. The van der Waals surface area contributed by atoms with Crippen molar-refractivity contribution < 1.29 is 0 Å². The van der Waals surface area contributed by atoms with Crippen LogP contribution in [0.5, 0.6) is 0 Å². The van der Waals surface area contributed by atoms with E-state index in [4.69, 9.17) is 28.2 Å². The quantitative estimate of drug-likeness (QED) is 0.537. The smallest absolute Gasteiger partial charge is 0.0937 e. The molecule has 1 aliphatic heterocycles. The van der Waals surface area contributed by atoms with Crippen LogP contribution in [-0.2, 0) is 0 Å². The van der Waals surface area contributed by atoms with Gasteiger partial charge in [-0.25, -0.2) is 4.99 Å². The van der Waals surface area contributed by atoms with Crippen LogP contribution in [0.25, 0.3) is 0 Å². The fourth-order valence-electron chi connectivity index (χ4n) is 3.72. The number of hydrogen-bond acceptors (Lipinski definition) is 3. The Morgan fingerprint density at radius 3 is 2.27 bits per heavy atom. The van der Waals surface area contributed by atoms with Crippen LogP contribution >= 0.6 is 23.2 Å². The fraction of sp³-hybridized carbons (Fsp3) is 0.0952. The molecule has 0 aromatic heterocycles. The van der Waals surface area contributed by atoms with Gasteiger partial charge in [-0.2, -0.15) is 0 Å². The van der Waals surface area contributed by atoms with Gasteiger partial charge in [0.2, 0.25) is 0 Å². The Labute approximate surface area is 161 Å². The Morgan fingerprint density at radius 1 is 0.769 bits per heavy atom. The minimum atomic E-state index is 0.0253. The lowest BCUT2D eigenvalue weighted by atomic mass is 10.0. The molecule has 2 atom stereocenters. The molecule has 3 nitrogen and oxygen atoms in total. The largest absolute Gasteiger partial charge is 0.374 e. The van der Waals surface area contributed by atoms with Crippen LogP contribution in [-0.4, -0.2) is 11.8 Å². The number of anilines is 2. The summed E-state index contributed by atoms with van der Waals surface area (Å²) >= 11 is 12.5. The molecule has 0 radical (unpaired) electrons. The van der Waals surface area contributed by atoms with E-state index in [2.05, 4.69) is 41.0 Å². The first kappa shape index (κ1) is 15.7. The zero-order valence-electron chi connectivity index (χ0n) is 13.7. The summed E-state index contributed by atoms with van der Waals surface area (Å²) in [6.45, 7) is 0. The van der Waals surface area contributed by atoms with Gasteiger partial charge in [0.15, 0.2) is 0 Å². The maximum Gasteiger partial charge on any atom is 0.0937 e. The van der Waals surface area contributed by atoms with E-state index in [1.807, 2.05) is 18.2 Å². The van der Waals surface area contributed by atoms with E-state index in [0.29, 0.717) is 15.7 Å². The maximum atomic E-state index is 6.36. The SMILES string of the molecule is Clc1ccc(Cl)c(N=C2c3ccccc3[C@@H]3Nc4ccccc4N[C@@H]23)c1. The molecule has 0 fully saturated rings. The molecular formula is C21H15Cl2N3. The van der Waals surface area contributed by atoms with Gasteiger partial charge in [0.1, 0.15) is 0 Å². The summed E-state index contributed by atoms with van der Waals surface area (Å²) in [6, 6.07) is 22.1. The Hall–Kier alpha value is -2.49. The molecule has 26 heavy (non-hydrogen) atoms. The third-order valence-corrected chi connectivity index (χ3v) is 5.45. The minimum Gasteiger partial charge on any atom is -0.374 e. The number of para-hydroxylation sites is 2. The normalized spacial score (nSPS) is 21.4. The second kappa shape index (κ2) is 6.04. The highest BCUT2D eigenvalue weighted by atomic mass is 35.5. The topological polar surface area (TPSA) is 36.4 Å². The second-order valence-electron chi connectivity index (χ2n) is 6.47. The molecule has 5 rings (SSSR count). The Bertz CT molecular complexity index is 1040. The predicted molar refractivity (Wildman–Crippen MR) is 109 cm³/mol. The molecule has 5 heteroatoms. The van der Waals surface area contributed by atoms with Gasteiger partial charge in [-0.05, 0) is 35.9 Å². The zero-order valence-corrected chi connectivity index (χ0v) is 15.2. The third-order valence-electron chi connectivity index (χ3n) is 4.90. The van der Waals surface area contributed by atoms with Crippen molar-refractivity contribution in [2.75, 3.05) is 10.6 Å². The number of rotatable bonds is 1. The van der Waals surface area contributed by atoms with E-state index in [1.165, 1.54) is 5.56 Å². The lowest BCUT2D eigenvalue weighted by molar-refractivity contribution is 0.754. The summed E-state index contributed by atoms with van der Waals surface area (Å²) in [5, 5.41) is 8.51. The van der Waals surface area contributed by atoms with Crippen molar-refractivity contribution in [3.05, 3.63) is 87.9 Å². The zero-order chi connectivity index (χ0) is 17.7. The van der Waals surface area contributed by atoms with Crippen LogP contribution in [0.4, 0.5) is 17.1 Å². The Morgan fingerprint density at radius 2 is 1.46 bits per heavy atom. The van der Waals surface area contributed by atoms with Crippen molar-refractivity contribution in [1.82, 2.24) is 0 Å². The van der Waals surface area contributed by atoms with Crippen LogP contribution in [0, 0.1) is 0 Å². The predicted octanol–water partition coefficient (Wildman–Crippen LogP) is 6.08. The highest BCUT2D eigenvalue weighted by molar-refractivity contribution is 6.35. The molecule has 0 saturated carbocycles. The van der Waals surface area contributed by atoms with Gasteiger partial charge in [0.25, 0.3) is 0 Å². The van der Waals surface area contributed by atoms with E-state index in [1.54, 1.807) is 18.2 Å². The number of hydrogen-bond donors (Lipinski definition) is 2. The minimum absolute atomic E-state index is 0.0253. The van der Waals surface area contributed by atoms with Crippen molar-refractivity contribution in [3.63, 3.8) is 0 Å². The molecule has 0 saturated heterocycles. The number of aliphatic imine (C=N–C) groups is 1. The van der Waals surface area contributed by atoms with Gasteiger partial charge in [-0.3, -0.25) is 0 Å². The Kier molecular flexibility index (Phi) is 3.66. The molecule has 3 aromatic carbocycles. The van der Waals surface area contributed by atoms with Crippen molar-refractivity contribution in [1.29, 1.82) is 0 Å². The molecule has 3 aromatic rings. The lowest BCUT2D eigenvalue weighted by Gasteiger charge is -2.32. The summed E-state index contributed by atoms with van der Waals surface area (Å²) in [4.78, 5) is 4.91. The molecule has 128 valence electrons. The molecule has 0 unspecified atom stereocenters. The number of benzene rings is 3. The maximum absolute atomic E-state index is 6.36. The number of nitrogens with one attached hydrogen (secondary N) is 2.